The van der Waals surface area contributed by atoms with E-state index in [1.807, 2.05) is 0 Å². The van der Waals surface area contributed by atoms with E-state index >= 15 is 0 Å². The normalized spacial score (nSPS) is 10.5. The van der Waals surface area contributed by atoms with Crippen molar-refractivity contribution >= 4 is 93.2 Å². The van der Waals surface area contributed by atoms with Gasteiger partial charge in [-0.1, -0.05) is 40.1 Å². The number of rotatable bonds is 1. The molecular formula is C12H17B7. The molecule has 7 heteroatoms. The van der Waals surface area contributed by atoms with Crippen LogP contribution in [0.1, 0.15) is 0 Å². The van der Waals surface area contributed by atoms with Crippen molar-refractivity contribution in [2.45, 2.75) is 0 Å². The summed E-state index contributed by atoms with van der Waals surface area (Å²) in [4.78, 5) is 0. The summed E-state index contributed by atoms with van der Waals surface area (Å²) >= 11 is 0. The summed E-state index contributed by atoms with van der Waals surface area (Å²) in [6, 6.07) is 6.62. The van der Waals surface area contributed by atoms with Gasteiger partial charge in [0, 0.05) is 0 Å². The van der Waals surface area contributed by atoms with E-state index in [2.05, 4.69) is 73.1 Å². The number of benzene rings is 2. The van der Waals surface area contributed by atoms with Crippen molar-refractivity contribution in [3.8, 4) is 11.1 Å². The molecule has 0 aliphatic rings. The van der Waals surface area contributed by atoms with E-state index in [1.54, 1.807) is 0 Å². The smallest absolute Gasteiger partial charge is 0.102 e. The molecule has 0 fully saturated rings. The van der Waals surface area contributed by atoms with Gasteiger partial charge in [0.15, 0.2) is 0 Å². The maximum absolute atomic E-state index is 2.26. The largest absolute Gasteiger partial charge is 0.139 e. The van der Waals surface area contributed by atoms with Crippen molar-refractivity contribution in [3.05, 3.63) is 18.2 Å². The fourth-order valence-corrected chi connectivity index (χ4v) is 2.93. The van der Waals surface area contributed by atoms with Gasteiger partial charge in [0.2, 0.25) is 0 Å². The van der Waals surface area contributed by atoms with E-state index in [-0.39, 0.29) is 0 Å². The van der Waals surface area contributed by atoms with Crippen molar-refractivity contribution in [3.63, 3.8) is 0 Å². The second-order valence-electron chi connectivity index (χ2n) is 5.75. The number of hydrogen-bond donors (Lipinski definition) is 0. The third kappa shape index (κ3) is 2.24. The van der Waals surface area contributed by atoms with E-state index in [1.165, 1.54) is 49.4 Å². The van der Waals surface area contributed by atoms with E-state index in [0.29, 0.717) is 0 Å². The molecule has 19 heavy (non-hydrogen) atoms. The van der Waals surface area contributed by atoms with Crippen LogP contribution in [0, 0.1) is 0 Å². The van der Waals surface area contributed by atoms with Crippen molar-refractivity contribution in [1.82, 2.24) is 0 Å². The molecule has 0 saturated heterocycles. The zero-order valence-electron chi connectivity index (χ0n) is 13.2. The lowest BCUT2D eigenvalue weighted by atomic mass is 9.59. The Morgan fingerprint density at radius 3 is 1.53 bits per heavy atom. The summed E-state index contributed by atoms with van der Waals surface area (Å²) in [5.74, 6) is 0. The third-order valence-electron chi connectivity index (χ3n) is 4.87. The van der Waals surface area contributed by atoms with Gasteiger partial charge in [-0.25, -0.2) is 0 Å². The Bertz CT molecular complexity index is 635. The predicted octanol–water partition coefficient (Wildman–Crippen LogP) is -8.84. The summed E-state index contributed by atoms with van der Waals surface area (Å²) in [5, 5.41) is 0. The minimum Gasteiger partial charge on any atom is -0.102 e. The average Bonchev–Trinajstić information content (AvgIpc) is 2.39. The fourth-order valence-electron chi connectivity index (χ4n) is 2.93. The van der Waals surface area contributed by atoms with Crippen LogP contribution < -0.4 is 38.2 Å². The van der Waals surface area contributed by atoms with Crippen molar-refractivity contribution < 1.29 is 0 Å². The van der Waals surface area contributed by atoms with Crippen molar-refractivity contribution in [2.24, 2.45) is 0 Å². The van der Waals surface area contributed by atoms with Gasteiger partial charge in [0.05, 0.1) is 0 Å². The Hall–Kier alpha value is -1.11. The molecule has 0 heterocycles. The maximum atomic E-state index is 2.26. The Balaban J connectivity index is 2.87. The lowest BCUT2D eigenvalue weighted by Gasteiger charge is -2.22. The zero-order chi connectivity index (χ0) is 14.3. The van der Waals surface area contributed by atoms with Gasteiger partial charge in [-0.2, -0.15) is 0 Å². The first-order chi connectivity index (χ1) is 8.86. The second kappa shape index (κ2) is 5.11. The van der Waals surface area contributed by atoms with Gasteiger partial charge in [-0.05, 0) is 11.1 Å². The highest BCUT2D eigenvalue weighted by atomic mass is 14.1. The molecular weight excluding hydrogens is 220 g/mol. The molecule has 2 aromatic rings. The van der Waals surface area contributed by atoms with E-state index < -0.39 is 0 Å². The molecule has 0 atom stereocenters. The van der Waals surface area contributed by atoms with Gasteiger partial charge >= 0.3 is 0 Å². The SMILES string of the molecule is Bc1cccc(-c2c(B)c(B)c(B)c(B)c2B)c1B. The highest BCUT2D eigenvalue weighted by molar-refractivity contribution is 6.69. The molecule has 0 radical (unpaired) electrons. The van der Waals surface area contributed by atoms with Gasteiger partial charge in [0.25, 0.3) is 0 Å². The summed E-state index contributed by atoms with van der Waals surface area (Å²) in [5.41, 5.74) is 12.7. The summed E-state index contributed by atoms with van der Waals surface area (Å²) in [6.07, 6.45) is 0. The first kappa shape index (κ1) is 14.3. The monoisotopic (exact) mass is 238 g/mol. The van der Waals surface area contributed by atoms with E-state index in [4.69, 9.17) is 0 Å². The van der Waals surface area contributed by atoms with E-state index in [9.17, 15) is 0 Å². The average molecular weight is 237 g/mol. The van der Waals surface area contributed by atoms with Crippen LogP contribution in [-0.4, -0.2) is 54.9 Å². The molecule has 0 amide bonds. The van der Waals surface area contributed by atoms with Crippen molar-refractivity contribution in [2.75, 3.05) is 0 Å². The molecule has 2 aromatic carbocycles. The predicted molar refractivity (Wildman–Crippen MR) is 109 cm³/mol. The first-order valence-corrected chi connectivity index (χ1v) is 6.99. The van der Waals surface area contributed by atoms with Crippen LogP contribution in [0.25, 0.3) is 11.1 Å². The minimum absolute atomic E-state index is 1.37. The van der Waals surface area contributed by atoms with Crippen LogP contribution in [0.4, 0.5) is 0 Å². The highest BCUT2D eigenvalue weighted by Gasteiger charge is 2.14. The Labute approximate surface area is 123 Å². The third-order valence-corrected chi connectivity index (χ3v) is 4.87. The molecule has 0 N–H and O–H groups in total. The molecule has 0 aliphatic carbocycles. The Morgan fingerprint density at radius 2 is 1.00 bits per heavy atom. The highest BCUT2D eigenvalue weighted by Crippen LogP contribution is 2.08. The molecule has 2 rings (SSSR count). The quantitative estimate of drug-likeness (QED) is 0.432. The van der Waals surface area contributed by atoms with Crippen molar-refractivity contribution in [1.29, 1.82) is 0 Å². The molecule has 86 valence electrons. The molecule has 0 spiro atoms. The van der Waals surface area contributed by atoms with E-state index in [0.717, 1.165) is 0 Å². The van der Waals surface area contributed by atoms with Crippen LogP contribution in [0.2, 0.25) is 0 Å². The van der Waals surface area contributed by atoms with Crippen LogP contribution in [0.15, 0.2) is 18.2 Å². The van der Waals surface area contributed by atoms with Gasteiger partial charge in [-0.15, -0.1) is 16.4 Å². The number of hydrogen-bond acceptors (Lipinski definition) is 0. The van der Waals surface area contributed by atoms with Gasteiger partial charge in [0.1, 0.15) is 54.9 Å². The lowest BCUT2D eigenvalue weighted by Crippen LogP contribution is -2.55. The fraction of sp³-hybridized carbons (Fsp3) is 0. The first-order valence-electron chi connectivity index (χ1n) is 6.99. The second-order valence-corrected chi connectivity index (χ2v) is 5.75. The maximum Gasteiger partial charge on any atom is 0.139 e. The Morgan fingerprint density at radius 1 is 0.526 bits per heavy atom. The topological polar surface area (TPSA) is 0 Å². The molecule has 0 unspecified atom stereocenters. The summed E-state index contributed by atoms with van der Waals surface area (Å²) in [6.45, 7) is 0. The molecule has 0 nitrogen and oxygen atoms in total. The molecule has 0 aromatic heterocycles. The molecule has 0 bridgehead atoms. The summed E-state index contributed by atoms with van der Waals surface area (Å²) in [7, 11) is 15.7. The Kier molecular flexibility index (Phi) is 3.85. The summed E-state index contributed by atoms with van der Waals surface area (Å²) < 4.78 is 0. The van der Waals surface area contributed by atoms with Crippen LogP contribution in [0.5, 0.6) is 0 Å². The van der Waals surface area contributed by atoms with Gasteiger partial charge in [-0.3, -0.25) is 0 Å². The molecule has 0 aliphatic heterocycles. The van der Waals surface area contributed by atoms with Gasteiger partial charge < -0.3 is 0 Å². The lowest BCUT2D eigenvalue weighted by molar-refractivity contribution is 1.78. The minimum atomic E-state index is 1.37. The van der Waals surface area contributed by atoms with Crippen LogP contribution >= 0.6 is 0 Å². The van der Waals surface area contributed by atoms with Crippen LogP contribution in [0.3, 0.4) is 0 Å². The van der Waals surface area contributed by atoms with Crippen LogP contribution in [-0.2, 0) is 0 Å². The molecule has 0 saturated carbocycles. The standard InChI is InChI=1S/C12H17B7/c13-5-3-1-2-4(7(5)14)6-8(15)10(17)12(19)11(18)9(6)16/h1-3H,13-19H2. The zero-order valence-corrected chi connectivity index (χ0v) is 13.2.